The highest BCUT2D eigenvalue weighted by molar-refractivity contribution is 7.92. The highest BCUT2D eigenvalue weighted by Gasteiger charge is 2.73. The number of benzene rings is 4. The molecule has 0 aliphatic heterocycles. The number of rotatable bonds is 8. The maximum atomic E-state index is 14.6. The number of nitrogen functional groups attached to an aromatic ring is 1. The Morgan fingerprint density at radius 2 is 1.31 bits per heavy atom. The SMILES string of the molecule is Nc1ccc(-c2ccc3c(c2)CC(c2ccc(C(OCc4c(F)cccc4F)(C(F)(F)F)C(F)(F)F)cc2)(S(=O)(=O)c2ccc(F)cc2)C3)cn1. The fraction of sp³-hybridized carbons (Fsp3) is 0.194. The standard InChI is InChI=1S/C36H25F9N2O3S/c37-27-11-13-28(14-12-27)51(48,49)33(17-22-5-4-21(16-24(22)18-33)23-6-15-32(46)47-19-23)25-7-9-26(10-8-25)34(35(40,41)42,36(43,44)45)50-20-29-30(38)2-1-3-31(29)39/h1-16,19H,17-18,20H2,(H2,46,47). The van der Waals surface area contributed by atoms with E-state index in [0.717, 1.165) is 42.5 Å². The van der Waals surface area contributed by atoms with Gasteiger partial charge in [-0.15, -0.1) is 0 Å². The predicted molar refractivity (Wildman–Crippen MR) is 168 cm³/mol. The van der Waals surface area contributed by atoms with Crippen LogP contribution in [0.2, 0.25) is 0 Å². The zero-order chi connectivity index (χ0) is 37.0. The van der Waals surface area contributed by atoms with Crippen molar-refractivity contribution in [3.8, 4) is 11.1 Å². The summed E-state index contributed by atoms with van der Waals surface area (Å²) < 4.78 is 161. The van der Waals surface area contributed by atoms with Gasteiger partial charge < -0.3 is 10.5 Å². The molecule has 0 saturated heterocycles. The van der Waals surface area contributed by atoms with Gasteiger partial charge in [-0.05, 0) is 83.6 Å². The Kier molecular flexibility index (Phi) is 8.95. The molecule has 0 saturated carbocycles. The monoisotopic (exact) mass is 736 g/mol. The van der Waals surface area contributed by atoms with E-state index in [1.807, 2.05) is 0 Å². The lowest BCUT2D eigenvalue weighted by Gasteiger charge is -2.38. The summed E-state index contributed by atoms with van der Waals surface area (Å²) in [5.41, 5.74) is 0.110. The summed E-state index contributed by atoms with van der Waals surface area (Å²) in [6, 6.07) is 16.9. The van der Waals surface area contributed by atoms with Crippen LogP contribution in [0, 0.1) is 17.5 Å². The lowest BCUT2D eigenvalue weighted by atomic mass is 9.88. The third kappa shape index (κ3) is 6.11. The van der Waals surface area contributed by atoms with Crippen molar-refractivity contribution in [2.45, 2.75) is 47.0 Å². The number of halogens is 9. The molecule has 4 aromatic carbocycles. The van der Waals surface area contributed by atoms with Crippen LogP contribution in [-0.4, -0.2) is 25.8 Å². The van der Waals surface area contributed by atoms with Crippen LogP contribution in [0.3, 0.4) is 0 Å². The highest BCUT2D eigenvalue weighted by atomic mass is 32.2. The summed E-state index contributed by atoms with van der Waals surface area (Å²) >= 11 is 0. The molecular formula is C36H25F9N2O3S. The van der Waals surface area contributed by atoms with E-state index in [1.54, 1.807) is 30.3 Å². The van der Waals surface area contributed by atoms with Crippen molar-refractivity contribution < 1.29 is 52.7 Å². The minimum atomic E-state index is -6.21. The van der Waals surface area contributed by atoms with Gasteiger partial charge in [0, 0.05) is 22.9 Å². The summed E-state index contributed by atoms with van der Waals surface area (Å²) in [6.45, 7) is -1.75. The normalized spacial score (nSPS) is 16.6. The van der Waals surface area contributed by atoms with E-state index < -0.39 is 67.7 Å². The Bertz CT molecular complexity index is 2150. The number of hydrogen-bond donors (Lipinski definition) is 1. The second-order valence-electron chi connectivity index (χ2n) is 12.0. The van der Waals surface area contributed by atoms with Crippen LogP contribution in [0.5, 0.6) is 0 Å². The van der Waals surface area contributed by atoms with Crippen molar-refractivity contribution >= 4 is 15.7 Å². The van der Waals surface area contributed by atoms with E-state index in [1.165, 1.54) is 6.20 Å². The lowest BCUT2D eigenvalue weighted by molar-refractivity contribution is -0.392. The van der Waals surface area contributed by atoms with Crippen molar-refractivity contribution in [3.63, 3.8) is 0 Å². The third-order valence-corrected chi connectivity index (χ3v) is 11.5. The van der Waals surface area contributed by atoms with Crippen LogP contribution >= 0.6 is 0 Å². The van der Waals surface area contributed by atoms with Crippen LogP contribution < -0.4 is 5.73 Å². The van der Waals surface area contributed by atoms with E-state index in [-0.39, 0.29) is 29.1 Å². The fourth-order valence-corrected chi connectivity index (χ4v) is 8.46. The van der Waals surface area contributed by atoms with Crippen LogP contribution in [0.4, 0.5) is 45.3 Å². The van der Waals surface area contributed by atoms with Crippen molar-refractivity contribution in [1.82, 2.24) is 4.98 Å². The first-order chi connectivity index (χ1) is 23.9. The van der Waals surface area contributed by atoms with Gasteiger partial charge in [0.1, 0.15) is 28.0 Å². The van der Waals surface area contributed by atoms with Crippen LogP contribution in [0.15, 0.2) is 108 Å². The average molecular weight is 737 g/mol. The summed E-state index contributed by atoms with van der Waals surface area (Å²) in [7, 11) is -4.54. The molecule has 0 spiro atoms. The van der Waals surface area contributed by atoms with Gasteiger partial charge >= 0.3 is 12.4 Å². The van der Waals surface area contributed by atoms with Crippen LogP contribution in [0.25, 0.3) is 11.1 Å². The minimum absolute atomic E-state index is 0.166. The largest absolute Gasteiger partial charge is 0.430 e. The van der Waals surface area contributed by atoms with Gasteiger partial charge in [-0.2, -0.15) is 26.3 Å². The first kappa shape index (κ1) is 35.9. The number of ether oxygens (including phenoxy) is 1. The molecular weight excluding hydrogens is 711 g/mol. The Morgan fingerprint density at radius 1 is 0.725 bits per heavy atom. The zero-order valence-corrected chi connectivity index (χ0v) is 26.8. The van der Waals surface area contributed by atoms with Gasteiger partial charge in [0.2, 0.25) is 0 Å². The number of sulfone groups is 1. The van der Waals surface area contributed by atoms with E-state index in [4.69, 9.17) is 5.73 Å². The number of aromatic nitrogens is 1. The first-order valence-corrected chi connectivity index (χ1v) is 16.5. The molecule has 266 valence electrons. The number of pyridine rings is 1. The Balaban J connectivity index is 1.48. The second kappa shape index (κ2) is 12.7. The highest BCUT2D eigenvalue weighted by Crippen LogP contribution is 2.54. The molecule has 51 heavy (non-hydrogen) atoms. The molecule has 5 aromatic rings. The van der Waals surface area contributed by atoms with Crippen molar-refractivity contribution in [2.75, 3.05) is 5.73 Å². The Morgan fingerprint density at radius 3 is 1.88 bits per heavy atom. The molecule has 5 nitrogen and oxygen atoms in total. The minimum Gasteiger partial charge on any atom is -0.384 e. The number of nitrogens with zero attached hydrogens (tertiary/aromatic N) is 1. The molecule has 0 bridgehead atoms. The predicted octanol–water partition coefficient (Wildman–Crippen LogP) is 8.75. The van der Waals surface area contributed by atoms with Crippen molar-refractivity contribution in [2.24, 2.45) is 0 Å². The molecule has 1 aliphatic rings. The summed E-state index contributed by atoms with van der Waals surface area (Å²) in [5, 5.41) is 0. The third-order valence-electron chi connectivity index (χ3n) is 9.03. The molecule has 0 amide bonds. The van der Waals surface area contributed by atoms with Gasteiger partial charge in [-0.3, -0.25) is 0 Å². The Labute approximate surface area is 285 Å². The van der Waals surface area contributed by atoms with Crippen molar-refractivity contribution in [3.05, 3.63) is 149 Å². The maximum absolute atomic E-state index is 14.6. The molecule has 0 radical (unpaired) electrons. The molecule has 1 unspecified atom stereocenters. The second-order valence-corrected chi connectivity index (χ2v) is 14.3. The fourth-order valence-electron chi connectivity index (χ4n) is 6.38. The smallest absolute Gasteiger partial charge is 0.384 e. The van der Waals surface area contributed by atoms with Gasteiger partial charge in [-0.1, -0.05) is 48.5 Å². The molecule has 6 rings (SSSR count). The van der Waals surface area contributed by atoms with Crippen LogP contribution in [0.1, 0.15) is 27.8 Å². The van der Waals surface area contributed by atoms with E-state index in [0.29, 0.717) is 46.5 Å². The quantitative estimate of drug-likeness (QED) is 0.127. The van der Waals surface area contributed by atoms with Gasteiger partial charge in [0.15, 0.2) is 9.84 Å². The number of fused-ring (bicyclic) bond motifs is 1. The number of nitrogens with two attached hydrogens (primary N) is 1. The topological polar surface area (TPSA) is 82.3 Å². The number of hydrogen-bond acceptors (Lipinski definition) is 5. The molecule has 1 atom stereocenters. The Hall–Kier alpha value is -4.89. The summed E-state index contributed by atoms with van der Waals surface area (Å²) in [6.07, 6.45) is -11.4. The molecule has 1 aromatic heterocycles. The van der Waals surface area contributed by atoms with Gasteiger partial charge in [0.25, 0.3) is 5.60 Å². The van der Waals surface area contributed by atoms with Crippen molar-refractivity contribution in [1.29, 1.82) is 0 Å². The molecule has 2 N–H and O–H groups in total. The van der Waals surface area contributed by atoms with Crippen LogP contribution in [-0.2, 0) is 44.4 Å². The number of alkyl halides is 6. The molecule has 1 aliphatic carbocycles. The molecule has 1 heterocycles. The molecule has 15 heteroatoms. The average Bonchev–Trinajstić information content (AvgIpc) is 3.47. The molecule has 0 fully saturated rings. The maximum Gasteiger partial charge on any atom is 0.430 e. The zero-order valence-electron chi connectivity index (χ0n) is 26.0. The van der Waals surface area contributed by atoms with E-state index in [9.17, 15) is 47.9 Å². The summed E-state index contributed by atoms with van der Waals surface area (Å²) in [5.74, 6) is -3.33. The van der Waals surface area contributed by atoms with E-state index >= 15 is 0 Å². The van der Waals surface area contributed by atoms with Gasteiger partial charge in [-0.25, -0.2) is 26.6 Å². The van der Waals surface area contributed by atoms with Gasteiger partial charge in [0.05, 0.1) is 11.5 Å². The summed E-state index contributed by atoms with van der Waals surface area (Å²) in [4.78, 5) is 3.72. The lowest BCUT2D eigenvalue weighted by Crippen LogP contribution is -2.56. The first-order valence-electron chi connectivity index (χ1n) is 15.0. The number of anilines is 1. The van der Waals surface area contributed by atoms with E-state index in [2.05, 4.69) is 9.72 Å².